The highest BCUT2D eigenvalue weighted by molar-refractivity contribution is 4.91. The number of alkyl halides is 1. The smallest absolute Gasteiger partial charge is 0.154 e. The van der Waals surface area contributed by atoms with Crippen molar-refractivity contribution in [2.75, 3.05) is 13.2 Å². The second-order valence-electron chi connectivity index (χ2n) is 2.70. The number of nitrogens with one attached hydrogen (secondary N) is 1. The van der Waals surface area contributed by atoms with Gasteiger partial charge in [0.05, 0.1) is 12.6 Å². The van der Waals surface area contributed by atoms with E-state index in [1.807, 2.05) is 0 Å². The van der Waals surface area contributed by atoms with E-state index in [9.17, 15) is 4.39 Å². The molecule has 0 aromatic rings. The molecule has 1 saturated heterocycles. The van der Waals surface area contributed by atoms with Crippen molar-refractivity contribution >= 4 is 0 Å². The van der Waals surface area contributed by atoms with E-state index < -0.39 is 24.4 Å². The highest BCUT2D eigenvalue weighted by Gasteiger charge is 2.37. The third-order valence-corrected chi connectivity index (χ3v) is 1.89. The molecule has 0 aliphatic carbocycles. The lowest BCUT2D eigenvalue weighted by Crippen LogP contribution is -2.59. The minimum atomic E-state index is -1.66. The van der Waals surface area contributed by atoms with Crippen molar-refractivity contribution in [3.8, 4) is 0 Å². The number of hydrogen-bond donors (Lipinski definition) is 4. The molecule has 1 rings (SSSR count). The molecule has 0 aromatic carbocycles. The van der Waals surface area contributed by atoms with Crippen molar-refractivity contribution < 1.29 is 19.7 Å². The molecule has 1 aliphatic heterocycles. The topological polar surface area (TPSA) is 72.7 Å². The summed E-state index contributed by atoms with van der Waals surface area (Å²) >= 11 is 0. The van der Waals surface area contributed by atoms with Crippen LogP contribution >= 0.6 is 0 Å². The molecule has 1 fully saturated rings. The Bertz CT molecular complexity index is 133. The summed E-state index contributed by atoms with van der Waals surface area (Å²) in [5.41, 5.74) is 0. The van der Waals surface area contributed by atoms with Gasteiger partial charge in [0, 0.05) is 6.54 Å². The first-order chi connectivity index (χ1) is 5.16. The summed E-state index contributed by atoms with van der Waals surface area (Å²) in [5.74, 6) is 0. The number of aliphatic hydroxyl groups excluding tert-OH is 3. The van der Waals surface area contributed by atoms with E-state index in [0.29, 0.717) is 0 Å². The SMILES string of the molecule is OCC1NCC(O)C(F)C1O. The molecule has 5 heteroatoms. The Balaban J connectivity index is 2.52. The van der Waals surface area contributed by atoms with E-state index in [2.05, 4.69) is 5.32 Å². The van der Waals surface area contributed by atoms with Gasteiger partial charge in [-0.05, 0) is 0 Å². The molecule has 4 atom stereocenters. The Labute approximate surface area is 63.7 Å². The van der Waals surface area contributed by atoms with Gasteiger partial charge in [-0.1, -0.05) is 0 Å². The minimum Gasteiger partial charge on any atom is -0.395 e. The summed E-state index contributed by atoms with van der Waals surface area (Å²) in [6.45, 7) is -0.252. The molecule has 0 spiro atoms. The second-order valence-corrected chi connectivity index (χ2v) is 2.70. The van der Waals surface area contributed by atoms with Crippen LogP contribution in [-0.2, 0) is 0 Å². The van der Waals surface area contributed by atoms with Gasteiger partial charge >= 0.3 is 0 Å². The van der Waals surface area contributed by atoms with Crippen molar-refractivity contribution in [3.63, 3.8) is 0 Å². The van der Waals surface area contributed by atoms with Gasteiger partial charge in [-0.15, -0.1) is 0 Å². The van der Waals surface area contributed by atoms with E-state index in [4.69, 9.17) is 15.3 Å². The van der Waals surface area contributed by atoms with Crippen LogP contribution in [0.4, 0.5) is 4.39 Å². The van der Waals surface area contributed by atoms with Gasteiger partial charge in [0.2, 0.25) is 0 Å². The molecule has 0 radical (unpaired) electrons. The summed E-state index contributed by atoms with van der Waals surface area (Å²) < 4.78 is 12.8. The van der Waals surface area contributed by atoms with Crippen LogP contribution in [0.2, 0.25) is 0 Å². The molecule has 4 nitrogen and oxygen atoms in total. The summed E-state index contributed by atoms with van der Waals surface area (Å²) in [5, 5.41) is 29.1. The Morgan fingerprint density at radius 2 is 2.09 bits per heavy atom. The van der Waals surface area contributed by atoms with Crippen molar-refractivity contribution in [2.45, 2.75) is 24.4 Å². The second kappa shape index (κ2) is 3.44. The first kappa shape index (κ1) is 8.86. The van der Waals surface area contributed by atoms with E-state index >= 15 is 0 Å². The Kier molecular flexibility index (Phi) is 2.78. The molecular weight excluding hydrogens is 153 g/mol. The molecule has 0 amide bonds. The van der Waals surface area contributed by atoms with E-state index in [1.54, 1.807) is 0 Å². The Morgan fingerprint density at radius 3 is 2.64 bits per heavy atom. The molecule has 11 heavy (non-hydrogen) atoms. The van der Waals surface area contributed by atoms with Crippen LogP contribution in [0.15, 0.2) is 0 Å². The average Bonchev–Trinajstić information content (AvgIpc) is 2.01. The first-order valence-electron chi connectivity index (χ1n) is 3.51. The molecule has 66 valence electrons. The Hall–Kier alpha value is -0.230. The molecule has 1 heterocycles. The number of aliphatic hydroxyl groups is 3. The van der Waals surface area contributed by atoms with Crippen LogP contribution in [0.3, 0.4) is 0 Å². The molecular formula is C6H12FNO3. The maximum absolute atomic E-state index is 12.8. The molecule has 0 aromatic heterocycles. The fourth-order valence-electron chi connectivity index (χ4n) is 1.13. The highest BCUT2D eigenvalue weighted by atomic mass is 19.1. The predicted molar refractivity (Wildman–Crippen MR) is 35.8 cm³/mol. The van der Waals surface area contributed by atoms with Gasteiger partial charge in [0.1, 0.15) is 12.2 Å². The zero-order chi connectivity index (χ0) is 8.43. The predicted octanol–water partition coefficient (Wildman–Crippen LogP) is -1.99. The maximum Gasteiger partial charge on any atom is 0.154 e. The first-order valence-corrected chi connectivity index (χ1v) is 3.51. The number of rotatable bonds is 1. The third-order valence-electron chi connectivity index (χ3n) is 1.89. The summed E-state index contributed by atoms with van der Waals surface area (Å²) in [6, 6.07) is -0.659. The van der Waals surface area contributed by atoms with Gasteiger partial charge in [-0.2, -0.15) is 0 Å². The van der Waals surface area contributed by atoms with Crippen molar-refractivity contribution in [2.24, 2.45) is 0 Å². The fourth-order valence-corrected chi connectivity index (χ4v) is 1.13. The number of halogens is 1. The molecule has 4 N–H and O–H groups in total. The minimum absolute atomic E-state index is 0.0729. The largest absolute Gasteiger partial charge is 0.395 e. The van der Waals surface area contributed by atoms with Crippen LogP contribution in [0.25, 0.3) is 0 Å². The van der Waals surface area contributed by atoms with Crippen LogP contribution < -0.4 is 5.32 Å². The van der Waals surface area contributed by atoms with Crippen molar-refractivity contribution in [1.82, 2.24) is 5.32 Å². The number of hydrogen-bond acceptors (Lipinski definition) is 4. The van der Waals surface area contributed by atoms with Crippen LogP contribution in [-0.4, -0.2) is 52.9 Å². The highest BCUT2D eigenvalue weighted by Crippen LogP contribution is 2.13. The van der Waals surface area contributed by atoms with Gasteiger partial charge < -0.3 is 20.6 Å². The summed E-state index contributed by atoms with van der Waals surface area (Å²) in [6.07, 6.45) is -4.15. The quantitative estimate of drug-likeness (QED) is 0.363. The van der Waals surface area contributed by atoms with E-state index in [1.165, 1.54) is 0 Å². The standard InChI is InChI=1S/C6H12FNO3/c7-5-4(10)1-8-3(2-9)6(5)11/h3-6,8-11H,1-2H2. The fraction of sp³-hybridized carbons (Fsp3) is 1.00. The normalized spacial score (nSPS) is 45.8. The van der Waals surface area contributed by atoms with Crippen molar-refractivity contribution in [3.05, 3.63) is 0 Å². The van der Waals surface area contributed by atoms with Crippen LogP contribution in [0, 0.1) is 0 Å². The zero-order valence-electron chi connectivity index (χ0n) is 5.94. The third kappa shape index (κ3) is 1.67. The number of β-amino-alcohol motifs (C(OH)–C–C–N with tert-alkyl or cyclic N) is 1. The van der Waals surface area contributed by atoms with Crippen molar-refractivity contribution in [1.29, 1.82) is 0 Å². The van der Waals surface area contributed by atoms with Crippen LogP contribution in [0.1, 0.15) is 0 Å². The molecule has 0 bridgehead atoms. The maximum atomic E-state index is 12.8. The molecule has 4 unspecified atom stereocenters. The lowest BCUT2D eigenvalue weighted by molar-refractivity contribution is -0.0628. The van der Waals surface area contributed by atoms with Gasteiger partial charge in [0.25, 0.3) is 0 Å². The van der Waals surface area contributed by atoms with Gasteiger partial charge in [-0.3, -0.25) is 0 Å². The van der Waals surface area contributed by atoms with Gasteiger partial charge in [-0.25, -0.2) is 4.39 Å². The van der Waals surface area contributed by atoms with E-state index in [0.717, 1.165) is 0 Å². The summed E-state index contributed by atoms with van der Waals surface area (Å²) in [4.78, 5) is 0. The average molecular weight is 165 g/mol. The summed E-state index contributed by atoms with van der Waals surface area (Å²) in [7, 11) is 0. The van der Waals surface area contributed by atoms with Gasteiger partial charge in [0.15, 0.2) is 6.17 Å². The zero-order valence-corrected chi connectivity index (χ0v) is 5.94. The Morgan fingerprint density at radius 1 is 1.45 bits per heavy atom. The lowest BCUT2D eigenvalue weighted by atomic mass is 9.98. The molecule has 0 saturated carbocycles. The van der Waals surface area contributed by atoms with Crippen LogP contribution in [0.5, 0.6) is 0 Å². The lowest BCUT2D eigenvalue weighted by Gasteiger charge is -2.33. The monoisotopic (exact) mass is 165 g/mol. The molecule has 1 aliphatic rings. The van der Waals surface area contributed by atoms with E-state index in [-0.39, 0.29) is 13.2 Å². The number of piperidine rings is 1.